The summed E-state index contributed by atoms with van der Waals surface area (Å²) >= 11 is 10.4. The number of thioether (sulfide) groups is 1. The maximum Gasteiger partial charge on any atom is 0.234 e. The predicted octanol–water partition coefficient (Wildman–Crippen LogP) is 4.97. The van der Waals surface area contributed by atoms with Crippen LogP contribution in [0.5, 0.6) is 0 Å². The van der Waals surface area contributed by atoms with Crippen molar-refractivity contribution >= 4 is 50.9 Å². The van der Waals surface area contributed by atoms with E-state index in [-0.39, 0.29) is 17.3 Å². The molecule has 0 aromatic heterocycles. The molecular formula is C14H10BrClFNOS. The topological polar surface area (TPSA) is 29.1 Å². The lowest BCUT2D eigenvalue weighted by Crippen LogP contribution is -2.14. The maximum absolute atomic E-state index is 13.5. The van der Waals surface area contributed by atoms with Crippen LogP contribution in [0, 0.1) is 5.82 Å². The van der Waals surface area contributed by atoms with Crippen LogP contribution in [0.4, 0.5) is 10.1 Å². The summed E-state index contributed by atoms with van der Waals surface area (Å²) in [5.41, 5.74) is 0.135. The van der Waals surface area contributed by atoms with E-state index in [0.717, 1.165) is 9.37 Å². The van der Waals surface area contributed by atoms with E-state index in [1.54, 1.807) is 0 Å². The third-order valence-electron chi connectivity index (χ3n) is 2.39. The number of hydrogen-bond acceptors (Lipinski definition) is 2. The molecule has 2 aromatic rings. The largest absolute Gasteiger partial charge is 0.323 e. The molecule has 6 heteroatoms. The van der Waals surface area contributed by atoms with Gasteiger partial charge < -0.3 is 5.32 Å². The van der Waals surface area contributed by atoms with Crippen molar-refractivity contribution in [3.05, 3.63) is 57.8 Å². The van der Waals surface area contributed by atoms with Gasteiger partial charge in [0.2, 0.25) is 5.91 Å². The highest BCUT2D eigenvalue weighted by atomic mass is 79.9. The van der Waals surface area contributed by atoms with Crippen LogP contribution in [0.15, 0.2) is 51.8 Å². The van der Waals surface area contributed by atoms with Gasteiger partial charge in [-0.2, -0.15) is 0 Å². The van der Waals surface area contributed by atoms with Crippen LogP contribution in [0.1, 0.15) is 0 Å². The molecule has 0 spiro atoms. The minimum atomic E-state index is -0.542. The lowest BCUT2D eigenvalue weighted by Gasteiger charge is -2.06. The Balaban J connectivity index is 1.90. The Hall–Kier alpha value is -1.04. The van der Waals surface area contributed by atoms with Gasteiger partial charge in [-0.25, -0.2) is 4.39 Å². The van der Waals surface area contributed by atoms with Crippen LogP contribution in [-0.2, 0) is 4.79 Å². The first kappa shape index (κ1) is 15.4. The van der Waals surface area contributed by atoms with Crippen molar-refractivity contribution in [2.75, 3.05) is 11.1 Å². The number of rotatable bonds is 4. The number of carbonyl (C=O) groups excluding carboxylic acids is 1. The highest BCUT2D eigenvalue weighted by Gasteiger charge is 2.08. The highest BCUT2D eigenvalue weighted by molar-refractivity contribution is 9.10. The zero-order chi connectivity index (χ0) is 14.5. The molecule has 0 fully saturated rings. The fraction of sp³-hybridized carbons (Fsp3) is 0.0714. The van der Waals surface area contributed by atoms with Gasteiger partial charge in [-0.3, -0.25) is 4.79 Å². The molecule has 0 aliphatic rings. The van der Waals surface area contributed by atoms with E-state index in [0.29, 0.717) is 5.02 Å². The summed E-state index contributed by atoms with van der Waals surface area (Å²) in [6, 6.07) is 11.8. The summed E-state index contributed by atoms with van der Waals surface area (Å²) in [4.78, 5) is 12.7. The van der Waals surface area contributed by atoms with Crippen molar-refractivity contribution in [1.82, 2.24) is 0 Å². The summed E-state index contributed by atoms with van der Waals surface area (Å²) in [5.74, 6) is -0.595. The summed E-state index contributed by atoms with van der Waals surface area (Å²) in [5, 5.41) is 2.81. The first-order valence-corrected chi connectivity index (χ1v) is 7.83. The Morgan fingerprint density at radius 2 is 1.95 bits per heavy atom. The van der Waals surface area contributed by atoms with Crippen LogP contribution >= 0.6 is 39.3 Å². The second kappa shape index (κ2) is 7.11. The SMILES string of the molecule is O=C(CSc1ccc(Br)cc1)Nc1ccc(Cl)cc1F. The van der Waals surface area contributed by atoms with Crippen LogP contribution in [-0.4, -0.2) is 11.7 Å². The van der Waals surface area contributed by atoms with Gasteiger partial charge in [0.15, 0.2) is 0 Å². The van der Waals surface area contributed by atoms with E-state index >= 15 is 0 Å². The highest BCUT2D eigenvalue weighted by Crippen LogP contribution is 2.22. The molecule has 2 rings (SSSR count). The Labute approximate surface area is 133 Å². The number of benzene rings is 2. The number of amides is 1. The fourth-order valence-corrected chi connectivity index (χ4v) is 2.58. The van der Waals surface area contributed by atoms with Gasteiger partial charge in [0.05, 0.1) is 11.4 Å². The van der Waals surface area contributed by atoms with E-state index in [2.05, 4.69) is 21.2 Å². The minimum absolute atomic E-state index is 0.135. The van der Waals surface area contributed by atoms with Crippen molar-refractivity contribution in [2.45, 2.75) is 4.90 Å². The fourth-order valence-electron chi connectivity index (χ4n) is 1.46. The summed E-state index contributed by atoms with van der Waals surface area (Å²) < 4.78 is 14.5. The lowest BCUT2D eigenvalue weighted by molar-refractivity contribution is -0.113. The van der Waals surface area contributed by atoms with E-state index in [1.807, 2.05) is 24.3 Å². The second-order valence-electron chi connectivity index (χ2n) is 3.91. The standard InChI is InChI=1S/C14H10BrClFNOS/c15-9-1-4-11(5-2-9)20-8-14(19)18-13-6-3-10(16)7-12(13)17/h1-7H,8H2,(H,18,19). The molecular weight excluding hydrogens is 365 g/mol. The van der Waals surface area contributed by atoms with Crippen LogP contribution in [0.3, 0.4) is 0 Å². The Bertz CT molecular complexity index is 621. The van der Waals surface area contributed by atoms with Gasteiger partial charge in [-0.1, -0.05) is 27.5 Å². The number of carbonyl (C=O) groups is 1. The molecule has 104 valence electrons. The van der Waals surface area contributed by atoms with Crippen molar-refractivity contribution in [3.63, 3.8) is 0 Å². The van der Waals surface area contributed by atoms with E-state index in [4.69, 9.17) is 11.6 Å². The van der Waals surface area contributed by atoms with Crippen LogP contribution in [0.2, 0.25) is 5.02 Å². The molecule has 0 heterocycles. The van der Waals surface area contributed by atoms with Crippen molar-refractivity contribution in [2.24, 2.45) is 0 Å². The number of anilines is 1. The molecule has 0 saturated heterocycles. The minimum Gasteiger partial charge on any atom is -0.323 e. The zero-order valence-electron chi connectivity index (χ0n) is 10.2. The van der Waals surface area contributed by atoms with Gasteiger partial charge in [-0.05, 0) is 42.5 Å². The number of nitrogens with one attached hydrogen (secondary N) is 1. The van der Waals surface area contributed by atoms with Crippen LogP contribution < -0.4 is 5.32 Å². The molecule has 0 aliphatic heterocycles. The second-order valence-corrected chi connectivity index (χ2v) is 6.32. The normalized spacial score (nSPS) is 10.3. The van der Waals surface area contributed by atoms with Crippen molar-refractivity contribution in [3.8, 4) is 0 Å². The smallest absolute Gasteiger partial charge is 0.234 e. The molecule has 0 saturated carbocycles. The first-order chi connectivity index (χ1) is 9.54. The van der Waals surface area contributed by atoms with Gasteiger partial charge in [-0.15, -0.1) is 11.8 Å². The predicted molar refractivity (Wildman–Crippen MR) is 84.9 cm³/mol. The average molecular weight is 375 g/mol. The van der Waals surface area contributed by atoms with Gasteiger partial charge >= 0.3 is 0 Å². The van der Waals surface area contributed by atoms with Crippen LogP contribution in [0.25, 0.3) is 0 Å². The van der Waals surface area contributed by atoms with E-state index in [9.17, 15) is 9.18 Å². The molecule has 20 heavy (non-hydrogen) atoms. The molecule has 1 N–H and O–H groups in total. The van der Waals surface area contributed by atoms with Crippen molar-refractivity contribution < 1.29 is 9.18 Å². The first-order valence-electron chi connectivity index (χ1n) is 5.68. The Kier molecular flexibility index (Phi) is 5.46. The summed E-state index contributed by atoms with van der Waals surface area (Å²) in [6.07, 6.45) is 0. The molecule has 0 aliphatic carbocycles. The molecule has 0 atom stereocenters. The average Bonchev–Trinajstić information content (AvgIpc) is 2.41. The number of halogens is 3. The molecule has 0 bridgehead atoms. The maximum atomic E-state index is 13.5. The summed E-state index contributed by atoms with van der Waals surface area (Å²) in [6.45, 7) is 0. The third kappa shape index (κ3) is 4.51. The Morgan fingerprint density at radius 3 is 2.60 bits per heavy atom. The molecule has 2 aromatic carbocycles. The molecule has 2 nitrogen and oxygen atoms in total. The molecule has 1 amide bonds. The Morgan fingerprint density at radius 1 is 1.25 bits per heavy atom. The molecule has 0 radical (unpaired) electrons. The van der Waals surface area contributed by atoms with Gasteiger partial charge in [0.25, 0.3) is 0 Å². The quantitative estimate of drug-likeness (QED) is 0.765. The monoisotopic (exact) mass is 373 g/mol. The summed E-state index contributed by atoms with van der Waals surface area (Å²) in [7, 11) is 0. The van der Waals surface area contributed by atoms with Crippen molar-refractivity contribution in [1.29, 1.82) is 0 Å². The van der Waals surface area contributed by atoms with E-state index < -0.39 is 5.82 Å². The number of hydrogen-bond donors (Lipinski definition) is 1. The third-order valence-corrected chi connectivity index (χ3v) is 4.16. The molecule has 0 unspecified atom stereocenters. The zero-order valence-corrected chi connectivity index (χ0v) is 13.4. The van der Waals surface area contributed by atoms with E-state index in [1.165, 1.54) is 30.0 Å². The lowest BCUT2D eigenvalue weighted by atomic mass is 10.3. The van der Waals surface area contributed by atoms with Gasteiger partial charge in [0, 0.05) is 14.4 Å². The van der Waals surface area contributed by atoms with Gasteiger partial charge in [0.1, 0.15) is 5.82 Å².